The topological polar surface area (TPSA) is 51.6 Å². The van der Waals surface area contributed by atoms with E-state index in [0.29, 0.717) is 0 Å². The van der Waals surface area contributed by atoms with Crippen molar-refractivity contribution in [1.29, 1.82) is 0 Å². The summed E-state index contributed by atoms with van der Waals surface area (Å²) < 4.78 is 0. The number of rotatable bonds is 4. The Hall–Kier alpha value is -9.64. The lowest BCUT2D eigenvalue weighted by Crippen LogP contribution is -2.26. The van der Waals surface area contributed by atoms with E-state index < -0.39 is 5.41 Å². The first-order valence-corrected chi connectivity index (χ1v) is 30.2. The lowest BCUT2D eigenvalue weighted by molar-refractivity contribution is 0.658. The molecule has 4 nitrogen and oxygen atoms in total. The summed E-state index contributed by atoms with van der Waals surface area (Å²) in [6, 6.07) is 75.0. The molecule has 0 bridgehead atoms. The number of hydrogen-bond acceptors (Lipinski definition) is 4. The summed E-state index contributed by atoms with van der Waals surface area (Å²) in [5.41, 5.74) is 37.6. The van der Waals surface area contributed by atoms with E-state index in [-0.39, 0.29) is 21.7 Å². The predicted octanol–water partition coefficient (Wildman–Crippen LogP) is 19.5. The number of pyridine rings is 4. The van der Waals surface area contributed by atoms with E-state index in [1.165, 1.54) is 134 Å². The Kier molecular flexibility index (Phi) is 9.41. The van der Waals surface area contributed by atoms with Crippen LogP contribution in [0.4, 0.5) is 0 Å². The first-order chi connectivity index (χ1) is 41.1. The maximum Gasteiger partial charge on any atom is 0.0930 e. The molecule has 4 heteroatoms. The van der Waals surface area contributed by atoms with Gasteiger partial charge >= 0.3 is 0 Å². The van der Waals surface area contributed by atoms with E-state index in [2.05, 4.69) is 262 Å². The number of hydrogen-bond donors (Lipinski definition) is 0. The number of fused-ring (bicyclic) bond motifs is 22. The molecule has 0 amide bonds. The van der Waals surface area contributed by atoms with Gasteiger partial charge in [-0.1, -0.05) is 189 Å². The number of aromatic nitrogens is 4. The molecule has 6 aliphatic rings. The van der Waals surface area contributed by atoms with E-state index in [9.17, 15) is 0 Å². The molecule has 85 heavy (non-hydrogen) atoms. The first kappa shape index (κ1) is 48.8. The van der Waals surface area contributed by atoms with Crippen LogP contribution in [0.2, 0.25) is 0 Å². The molecule has 18 rings (SSSR count). The van der Waals surface area contributed by atoms with Crippen LogP contribution in [-0.4, -0.2) is 19.9 Å². The Labute approximate surface area is 497 Å². The molecule has 0 saturated carbocycles. The number of nitrogens with zero attached hydrogens (tertiary/aromatic N) is 4. The summed E-state index contributed by atoms with van der Waals surface area (Å²) in [6.07, 6.45) is 7.95. The van der Waals surface area contributed by atoms with Gasteiger partial charge in [0, 0.05) is 57.6 Å². The molecule has 4 aromatic heterocycles. The zero-order chi connectivity index (χ0) is 57.3. The molecule has 8 aromatic carbocycles. The lowest BCUT2D eigenvalue weighted by Gasteiger charge is -2.32. The van der Waals surface area contributed by atoms with E-state index in [1.807, 2.05) is 12.4 Å². The van der Waals surface area contributed by atoms with E-state index >= 15 is 0 Å². The highest BCUT2D eigenvalue weighted by Crippen LogP contribution is 2.65. The highest BCUT2D eigenvalue weighted by molar-refractivity contribution is 5.99. The smallest absolute Gasteiger partial charge is 0.0930 e. The Morgan fingerprint density at radius 2 is 0.471 bits per heavy atom. The standard InChI is InChI=1S/C81H60N4/c1-77(2)61-17-11-9-15-53(61)55-27-21-45(35-65(55)77)47-23-29-57-59-31-25-49(51-41-71-75(84-43-51)73-63(79(71,5)6)19-13-33-82-73)39-69(59)81(67(57)37-47)68-38-48(46-22-28-56-54-16-10-12-18-62(54)78(3,4)66(56)36-46)24-30-58(68)60-32-26-50(40-70(60)81)52-42-72-76(85-44-52)74-64(80(72,7)8)20-14-34-83-74/h9-44H,1-8H3. The molecule has 0 unspecified atom stereocenters. The molecule has 0 atom stereocenters. The van der Waals surface area contributed by atoms with E-state index in [4.69, 9.17) is 19.9 Å². The zero-order valence-corrected chi connectivity index (χ0v) is 49.1. The summed E-state index contributed by atoms with van der Waals surface area (Å²) in [6.45, 7) is 18.8. The van der Waals surface area contributed by atoms with E-state index in [1.54, 1.807) is 0 Å². The van der Waals surface area contributed by atoms with Crippen LogP contribution < -0.4 is 0 Å². The Morgan fingerprint density at radius 3 is 0.835 bits per heavy atom. The van der Waals surface area contributed by atoms with Crippen LogP contribution in [0.1, 0.15) is 122 Å². The maximum atomic E-state index is 5.27. The van der Waals surface area contributed by atoms with Gasteiger partial charge in [-0.15, -0.1) is 0 Å². The largest absolute Gasteiger partial charge is 0.254 e. The van der Waals surface area contributed by atoms with Crippen molar-refractivity contribution in [1.82, 2.24) is 19.9 Å². The van der Waals surface area contributed by atoms with Crippen LogP contribution >= 0.6 is 0 Å². The lowest BCUT2D eigenvalue weighted by atomic mass is 9.69. The van der Waals surface area contributed by atoms with Gasteiger partial charge in [-0.25, -0.2) is 0 Å². The molecule has 4 heterocycles. The fourth-order valence-electron chi connectivity index (χ4n) is 16.8. The van der Waals surface area contributed by atoms with Crippen molar-refractivity contribution < 1.29 is 0 Å². The normalized spacial score (nSPS) is 16.5. The quantitative estimate of drug-likeness (QED) is 0.176. The minimum Gasteiger partial charge on any atom is -0.254 e. The fraction of sp³-hybridized carbons (Fsp3) is 0.160. The maximum absolute atomic E-state index is 5.27. The van der Waals surface area contributed by atoms with Crippen molar-refractivity contribution in [2.75, 3.05) is 0 Å². The molecule has 0 saturated heterocycles. The molecule has 0 aliphatic heterocycles. The van der Waals surface area contributed by atoms with Gasteiger partial charge in [-0.3, -0.25) is 19.9 Å². The van der Waals surface area contributed by atoms with Gasteiger partial charge in [-0.05, 0) is 205 Å². The molecule has 404 valence electrons. The van der Waals surface area contributed by atoms with Crippen LogP contribution in [0.15, 0.2) is 219 Å². The van der Waals surface area contributed by atoms with Gasteiger partial charge < -0.3 is 0 Å². The molecular weight excluding hydrogens is 1030 g/mol. The molecule has 6 aliphatic carbocycles. The third-order valence-electron chi connectivity index (χ3n) is 21.3. The van der Waals surface area contributed by atoms with Gasteiger partial charge in [0.15, 0.2) is 0 Å². The molecule has 0 N–H and O–H groups in total. The average Bonchev–Trinajstić information content (AvgIpc) is 1.58. The predicted molar refractivity (Wildman–Crippen MR) is 346 cm³/mol. The van der Waals surface area contributed by atoms with Crippen molar-refractivity contribution >= 4 is 0 Å². The first-order valence-electron chi connectivity index (χ1n) is 30.2. The zero-order valence-electron chi connectivity index (χ0n) is 49.1. The third kappa shape index (κ3) is 6.21. The minimum atomic E-state index is -0.737. The Balaban J connectivity index is 0.891. The Morgan fingerprint density at radius 1 is 0.212 bits per heavy atom. The second-order valence-electron chi connectivity index (χ2n) is 26.9. The van der Waals surface area contributed by atoms with Crippen molar-refractivity contribution in [2.24, 2.45) is 0 Å². The van der Waals surface area contributed by atoms with Gasteiger partial charge in [0.25, 0.3) is 0 Å². The SMILES string of the molecule is CC1(C)c2ccccc2-c2ccc(-c3ccc4c(c3)C3(c5cc(-c6ccc7c(c6)C(C)(C)c6ccccc6-7)ccc5-c5ccc(-c6cnc7c(c6)C(C)(C)c6cccnc6-7)cc53)c3cc(-c5cnc6c(c5)C(C)(C)c5cccnc5-6)ccc3-4)cc21. The van der Waals surface area contributed by atoms with Gasteiger partial charge in [0.2, 0.25) is 0 Å². The average molecular weight is 1090 g/mol. The summed E-state index contributed by atoms with van der Waals surface area (Å²) in [7, 11) is 0. The third-order valence-corrected chi connectivity index (χ3v) is 21.3. The summed E-state index contributed by atoms with van der Waals surface area (Å²) in [4.78, 5) is 20.3. The van der Waals surface area contributed by atoms with Crippen LogP contribution in [-0.2, 0) is 27.1 Å². The Bertz CT molecular complexity index is 4390. The summed E-state index contributed by atoms with van der Waals surface area (Å²) in [5.74, 6) is 0. The molecular formula is C81H60N4. The molecule has 0 fully saturated rings. The van der Waals surface area contributed by atoms with Crippen LogP contribution in [0.3, 0.4) is 0 Å². The van der Waals surface area contributed by atoms with Crippen molar-refractivity contribution in [3.63, 3.8) is 0 Å². The van der Waals surface area contributed by atoms with Gasteiger partial charge in [0.1, 0.15) is 0 Å². The van der Waals surface area contributed by atoms with Crippen LogP contribution in [0, 0.1) is 0 Å². The van der Waals surface area contributed by atoms with Crippen molar-refractivity contribution in [3.8, 4) is 112 Å². The molecule has 12 aromatic rings. The number of benzene rings is 8. The highest BCUT2D eigenvalue weighted by Gasteiger charge is 2.53. The monoisotopic (exact) mass is 1090 g/mol. The van der Waals surface area contributed by atoms with Crippen LogP contribution in [0.5, 0.6) is 0 Å². The summed E-state index contributed by atoms with van der Waals surface area (Å²) in [5, 5.41) is 0. The second-order valence-corrected chi connectivity index (χ2v) is 26.9. The van der Waals surface area contributed by atoms with Crippen molar-refractivity contribution in [2.45, 2.75) is 82.5 Å². The van der Waals surface area contributed by atoms with Gasteiger partial charge in [-0.2, -0.15) is 0 Å². The molecule has 1 spiro atoms. The molecule has 0 radical (unpaired) electrons. The van der Waals surface area contributed by atoms with E-state index in [0.717, 1.165) is 45.0 Å². The summed E-state index contributed by atoms with van der Waals surface area (Å²) >= 11 is 0. The minimum absolute atomic E-state index is 0.139. The highest BCUT2D eigenvalue weighted by atomic mass is 14.8. The van der Waals surface area contributed by atoms with Crippen LogP contribution in [0.25, 0.3) is 112 Å². The fourth-order valence-corrected chi connectivity index (χ4v) is 16.8. The van der Waals surface area contributed by atoms with Gasteiger partial charge in [0.05, 0.1) is 28.2 Å². The van der Waals surface area contributed by atoms with Crippen molar-refractivity contribution in [3.05, 3.63) is 286 Å². The second kappa shape index (κ2) is 16.4.